The molecule has 0 spiro atoms. The number of halogens is 1. The number of carboxylic acid groups (broad SMARTS) is 1. The highest BCUT2D eigenvalue weighted by molar-refractivity contribution is 8.26. The third-order valence-electron chi connectivity index (χ3n) is 4.96. The van der Waals surface area contributed by atoms with E-state index < -0.39 is 17.9 Å². The molecule has 3 aromatic carbocycles. The van der Waals surface area contributed by atoms with Gasteiger partial charge in [0, 0.05) is 10.6 Å². The summed E-state index contributed by atoms with van der Waals surface area (Å²) >= 11 is 12.6. The molecule has 0 radical (unpaired) electrons. The molecule has 3 aromatic rings. The number of benzene rings is 3. The Morgan fingerprint density at radius 3 is 2.39 bits per heavy atom. The van der Waals surface area contributed by atoms with Crippen LogP contribution < -0.4 is 4.74 Å². The van der Waals surface area contributed by atoms with Gasteiger partial charge in [-0.05, 0) is 35.4 Å². The maximum Gasteiger partial charge on any atom is 0.331 e. The number of carbonyl (C=O) groups excluding carboxylic acids is 1. The predicted octanol–water partition coefficient (Wildman–Crippen LogP) is 5.95. The first-order valence-corrected chi connectivity index (χ1v) is 11.6. The fourth-order valence-electron chi connectivity index (χ4n) is 3.33. The number of hydrogen-bond donors (Lipinski definition) is 1. The lowest BCUT2D eigenvalue weighted by atomic mass is 10.1. The highest BCUT2D eigenvalue weighted by Gasteiger charge is 2.41. The molecule has 0 bridgehead atoms. The zero-order valence-corrected chi connectivity index (χ0v) is 19.6. The number of rotatable bonds is 7. The monoisotopic (exact) mass is 495 g/mol. The summed E-state index contributed by atoms with van der Waals surface area (Å²) < 4.78 is 6.00. The van der Waals surface area contributed by atoms with Crippen molar-refractivity contribution in [3.63, 3.8) is 0 Å². The van der Waals surface area contributed by atoms with Gasteiger partial charge in [0.2, 0.25) is 0 Å². The fraction of sp³-hybridized carbons (Fsp3) is 0.0800. The quantitative estimate of drug-likeness (QED) is 0.323. The van der Waals surface area contributed by atoms with Crippen LogP contribution in [0, 0.1) is 0 Å². The first-order valence-electron chi connectivity index (χ1n) is 9.95. The van der Waals surface area contributed by atoms with Crippen LogP contribution >= 0.6 is 35.6 Å². The van der Waals surface area contributed by atoms with Crippen molar-refractivity contribution in [3.05, 3.63) is 105 Å². The summed E-state index contributed by atoms with van der Waals surface area (Å²) in [5.74, 6) is -0.909. The van der Waals surface area contributed by atoms with Crippen molar-refractivity contribution in [2.45, 2.75) is 12.6 Å². The largest absolute Gasteiger partial charge is 0.489 e. The van der Waals surface area contributed by atoms with Crippen molar-refractivity contribution >= 4 is 57.9 Å². The smallest absolute Gasteiger partial charge is 0.331 e. The Kier molecular flexibility index (Phi) is 7.13. The van der Waals surface area contributed by atoms with E-state index in [2.05, 4.69) is 0 Å². The summed E-state index contributed by atoms with van der Waals surface area (Å²) in [5, 5.41) is 10.4. The number of thiocarbonyl (C=S) groups is 1. The van der Waals surface area contributed by atoms with Gasteiger partial charge in [-0.25, -0.2) is 4.79 Å². The number of carboxylic acids is 1. The molecule has 0 aromatic heterocycles. The molecule has 4 rings (SSSR count). The molecule has 0 unspecified atom stereocenters. The van der Waals surface area contributed by atoms with E-state index in [1.165, 1.54) is 0 Å². The van der Waals surface area contributed by atoms with Crippen LogP contribution in [0.4, 0.5) is 0 Å². The summed E-state index contributed by atoms with van der Waals surface area (Å²) in [6.07, 6.45) is 1.70. The first-order chi connectivity index (χ1) is 15.9. The molecule has 33 heavy (non-hydrogen) atoms. The number of thioether (sulfide) groups is 1. The Morgan fingerprint density at radius 2 is 1.73 bits per heavy atom. The summed E-state index contributed by atoms with van der Waals surface area (Å²) in [6.45, 7) is 0.341. The van der Waals surface area contributed by atoms with Gasteiger partial charge in [-0.15, -0.1) is 0 Å². The van der Waals surface area contributed by atoms with Crippen molar-refractivity contribution < 1.29 is 19.4 Å². The van der Waals surface area contributed by atoms with Crippen LogP contribution in [-0.4, -0.2) is 26.2 Å². The second-order valence-electron chi connectivity index (χ2n) is 7.15. The Labute approximate surface area is 205 Å². The summed E-state index contributed by atoms with van der Waals surface area (Å²) in [7, 11) is 0. The van der Waals surface area contributed by atoms with Gasteiger partial charge in [0.1, 0.15) is 16.7 Å². The summed E-state index contributed by atoms with van der Waals surface area (Å²) in [6, 6.07) is 22.1. The molecule has 8 heteroatoms. The molecule has 1 N–H and O–H groups in total. The average molecular weight is 496 g/mol. The summed E-state index contributed by atoms with van der Waals surface area (Å²) in [4.78, 5) is 26.5. The second-order valence-corrected chi connectivity index (χ2v) is 9.24. The molecule has 0 saturated carbocycles. The number of carbonyl (C=O) groups is 2. The van der Waals surface area contributed by atoms with Crippen LogP contribution in [-0.2, 0) is 16.2 Å². The van der Waals surface area contributed by atoms with Crippen molar-refractivity contribution in [1.29, 1.82) is 0 Å². The van der Waals surface area contributed by atoms with E-state index in [1.54, 1.807) is 48.5 Å². The van der Waals surface area contributed by atoms with Crippen LogP contribution in [0.5, 0.6) is 5.75 Å². The molecule has 1 fully saturated rings. The van der Waals surface area contributed by atoms with E-state index >= 15 is 0 Å². The number of ether oxygens (including phenoxy) is 1. The average Bonchev–Trinajstić information content (AvgIpc) is 3.08. The van der Waals surface area contributed by atoms with Crippen LogP contribution in [0.3, 0.4) is 0 Å². The van der Waals surface area contributed by atoms with Gasteiger partial charge >= 0.3 is 5.97 Å². The minimum atomic E-state index is -1.18. The molecule has 1 amide bonds. The SMILES string of the molecule is O=C(O)[C@H](c1ccccc1)N1C(=O)/C(=C/c2ccc(OCc3ccccc3Cl)cc2)SC1=S. The van der Waals surface area contributed by atoms with Gasteiger partial charge in [0.05, 0.1) is 4.91 Å². The van der Waals surface area contributed by atoms with Gasteiger partial charge in [0.25, 0.3) is 5.91 Å². The molecular formula is C25H18ClNO4S2. The van der Waals surface area contributed by atoms with Gasteiger partial charge in [0.15, 0.2) is 6.04 Å². The Morgan fingerprint density at radius 1 is 1.06 bits per heavy atom. The molecule has 166 valence electrons. The molecular weight excluding hydrogens is 478 g/mol. The highest BCUT2D eigenvalue weighted by Crippen LogP contribution is 2.38. The third kappa shape index (κ3) is 5.27. The fourth-order valence-corrected chi connectivity index (χ4v) is 4.83. The highest BCUT2D eigenvalue weighted by atomic mass is 35.5. The summed E-state index contributed by atoms with van der Waals surface area (Å²) in [5.41, 5.74) is 2.15. The number of amides is 1. The normalized spacial score (nSPS) is 15.7. The molecule has 1 atom stereocenters. The van der Waals surface area contributed by atoms with Crippen molar-refractivity contribution in [1.82, 2.24) is 4.90 Å². The van der Waals surface area contributed by atoms with Crippen molar-refractivity contribution in [3.8, 4) is 5.75 Å². The van der Waals surface area contributed by atoms with Crippen molar-refractivity contribution in [2.24, 2.45) is 0 Å². The minimum absolute atomic E-state index is 0.210. The van der Waals surface area contributed by atoms with Crippen LogP contribution in [0.25, 0.3) is 6.08 Å². The van der Waals surface area contributed by atoms with Gasteiger partial charge < -0.3 is 9.84 Å². The Balaban J connectivity index is 1.49. The van der Waals surface area contributed by atoms with E-state index in [-0.39, 0.29) is 4.32 Å². The zero-order valence-electron chi connectivity index (χ0n) is 17.2. The van der Waals surface area contributed by atoms with Crippen molar-refractivity contribution in [2.75, 3.05) is 0 Å². The second kappa shape index (κ2) is 10.2. The number of aliphatic carboxylic acids is 1. The number of hydrogen-bond acceptors (Lipinski definition) is 5. The molecule has 1 aliphatic heterocycles. The zero-order chi connectivity index (χ0) is 23.4. The maximum absolute atomic E-state index is 13.0. The first kappa shape index (κ1) is 23.0. The topological polar surface area (TPSA) is 66.8 Å². The van der Waals surface area contributed by atoms with Gasteiger partial charge in [-0.3, -0.25) is 9.69 Å². The molecule has 5 nitrogen and oxygen atoms in total. The third-order valence-corrected chi connectivity index (χ3v) is 6.66. The lowest BCUT2D eigenvalue weighted by Gasteiger charge is -2.23. The Bertz CT molecular complexity index is 1230. The lowest BCUT2D eigenvalue weighted by molar-refractivity contribution is -0.145. The Hall–Kier alpha value is -3.13. The molecule has 1 aliphatic rings. The standard InChI is InChI=1S/C25H18ClNO4S2/c26-20-9-5-4-8-18(20)15-31-19-12-10-16(11-13-19)14-21-23(28)27(25(32)33-21)22(24(29)30)17-6-2-1-3-7-17/h1-14,22H,15H2,(H,29,30)/b21-14-/t22-/m0/s1. The van der Waals surface area contributed by atoms with Crippen LogP contribution in [0.15, 0.2) is 83.8 Å². The van der Waals surface area contributed by atoms with Crippen LogP contribution in [0.1, 0.15) is 22.7 Å². The number of nitrogens with zero attached hydrogens (tertiary/aromatic N) is 1. The van der Waals surface area contributed by atoms with E-state index in [0.29, 0.717) is 27.8 Å². The molecule has 0 aliphatic carbocycles. The predicted molar refractivity (Wildman–Crippen MR) is 134 cm³/mol. The molecule has 1 heterocycles. The van der Waals surface area contributed by atoms with Gasteiger partial charge in [-0.2, -0.15) is 0 Å². The maximum atomic E-state index is 13.0. The van der Waals surface area contributed by atoms with E-state index in [4.69, 9.17) is 28.6 Å². The van der Waals surface area contributed by atoms with Gasteiger partial charge in [-0.1, -0.05) is 96.2 Å². The van der Waals surface area contributed by atoms with E-state index in [9.17, 15) is 14.7 Å². The van der Waals surface area contributed by atoms with E-state index in [0.717, 1.165) is 27.8 Å². The minimum Gasteiger partial charge on any atom is -0.489 e. The van der Waals surface area contributed by atoms with E-state index in [1.807, 2.05) is 36.4 Å². The lowest BCUT2D eigenvalue weighted by Crippen LogP contribution is -2.37. The molecule has 1 saturated heterocycles. The van der Waals surface area contributed by atoms with Crippen LogP contribution in [0.2, 0.25) is 5.02 Å².